The quantitative estimate of drug-likeness (QED) is 0.756. The molecule has 2 N–H and O–H groups in total. The van der Waals surface area contributed by atoms with Crippen molar-refractivity contribution < 1.29 is 8.42 Å². The number of nitrogens with one attached hydrogen (secondary N) is 2. The lowest BCUT2D eigenvalue weighted by Crippen LogP contribution is -2.47. The Hall–Kier alpha value is -0.130. The van der Waals surface area contributed by atoms with Gasteiger partial charge in [-0.2, -0.15) is 0 Å². The maximum atomic E-state index is 11.8. The Kier molecular flexibility index (Phi) is 3.87. The zero-order valence-electron chi connectivity index (χ0n) is 9.91. The summed E-state index contributed by atoms with van der Waals surface area (Å²) in [6.07, 6.45) is 5.10. The molecule has 1 aliphatic heterocycles. The molecule has 0 amide bonds. The van der Waals surface area contributed by atoms with Crippen LogP contribution in [0.1, 0.15) is 39.0 Å². The maximum Gasteiger partial charge on any atom is 0.211 e. The summed E-state index contributed by atoms with van der Waals surface area (Å²) in [5.74, 6) is 0.999. The number of piperidine rings is 1. The first-order chi connectivity index (χ1) is 7.55. The highest BCUT2D eigenvalue weighted by atomic mass is 32.2. The van der Waals surface area contributed by atoms with Crippen molar-refractivity contribution in [2.24, 2.45) is 5.92 Å². The van der Waals surface area contributed by atoms with Crippen LogP contribution in [-0.2, 0) is 10.0 Å². The van der Waals surface area contributed by atoms with E-state index in [0.717, 1.165) is 25.8 Å². The molecule has 1 saturated heterocycles. The summed E-state index contributed by atoms with van der Waals surface area (Å²) >= 11 is 0. The number of sulfonamides is 1. The van der Waals surface area contributed by atoms with E-state index in [2.05, 4.69) is 17.0 Å². The van der Waals surface area contributed by atoms with Gasteiger partial charge in [-0.15, -0.1) is 0 Å². The molecule has 1 heterocycles. The predicted molar refractivity (Wildman–Crippen MR) is 64.8 cm³/mol. The van der Waals surface area contributed by atoms with Crippen molar-refractivity contribution in [1.29, 1.82) is 0 Å². The van der Waals surface area contributed by atoms with Gasteiger partial charge in [0.15, 0.2) is 0 Å². The lowest BCUT2D eigenvalue weighted by molar-refractivity contribution is 0.361. The van der Waals surface area contributed by atoms with E-state index < -0.39 is 10.0 Å². The van der Waals surface area contributed by atoms with Crippen molar-refractivity contribution in [3.63, 3.8) is 0 Å². The summed E-state index contributed by atoms with van der Waals surface area (Å²) in [5.41, 5.74) is 0. The summed E-state index contributed by atoms with van der Waals surface area (Å²) < 4.78 is 26.5. The fourth-order valence-corrected chi connectivity index (χ4v) is 3.76. The normalized spacial score (nSPS) is 31.6. The standard InChI is InChI=1S/C11H22N2O2S/c1-9-8-11(4-6-12-9)13-16(14,15)7-5-10-2-3-10/h9-13H,2-8H2,1H3. The third-order valence-corrected chi connectivity index (χ3v) is 4.93. The van der Waals surface area contributed by atoms with Crippen molar-refractivity contribution in [2.75, 3.05) is 12.3 Å². The third kappa shape index (κ3) is 4.03. The molecular formula is C11H22N2O2S. The van der Waals surface area contributed by atoms with Gasteiger partial charge in [0.25, 0.3) is 0 Å². The SMILES string of the molecule is CC1CC(NS(=O)(=O)CCC2CC2)CCN1. The number of hydrogen-bond acceptors (Lipinski definition) is 3. The second-order valence-electron chi connectivity index (χ2n) is 5.25. The molecule has 16 heavy (non-hydrogen) atoms. The van der Waals surface area contributed by atoms with Crippen LogP contribution in [0.25, 0.3) is 0 Å². The van der Waals surface area contributed by atoms with Crippen molar-refractivity contribution in [3.8, 4) is 0 Å². The highest BCUT2D eigenvalue weighted by Gasteiger charge is 2.26. The molecular weight excluding hydrogens is 224 g/mol. The van der Waals surface area contributed by atoms with Crippen LogP contribution >= 0.6 is 0 Å². The summed E-state index contributed by atoms with van der Waals surface area (Å²) in [7, 11) is -3.04. The van der Waals surface area contributed by atoms with Crippen molar-refractivity contribution in [3.05, 3.63) is 0 Å². The minimum absolute atomic E-state index is 0.139. The smallest absolute Gasteiger partial charge is 0.211 e. The lowest BCUT2D eigenvalue weighted by atomic mass is 10.0. The van der Waals surface area contributed by atoms with Gasteiger partial charge in [0.1, 0.15) is 0 Å². The van der Waals surface area contributed by atoms with Gasteiger partial charge in [0, 0.05) is 12.1 Å². The van der Waals surface area contributed by atoms with E-state index in [1.807, 2.05) is 0 Å². The van der Waals surface area contributed by atoms with E-state index in [4.69, 9.17) is 0 Å². The van der Waals surface area contributed by atoms with Crippen LogP contribution < -0.4 is 10.0 Å². The highest BCUT2D eigenvalue weighted by Crippen LogP contribution is 2.32. The topological polar surface area (TPSA) is 58.2 Å². The second kappa shape index (κ2) is 5.02. The van der Waals surface area contributed by atoms with Gasteiger partial charge in [0.05, 0.1) is 5.75 Å². The van der Waals surface area contributed by atoms with E-state index in [9.17, 15) is 8.42 Å². The molecule has 0 aromatic heterocycles. The van der Waals surface area contributed by atoms with Gasteiger partial charge in [-0.05, 0) is 38.6 Å². The van der Waals surface area contributed by atoms with Crippen molar-refractivity contribution >= 4 is 10.0 Å². The molecule has 2 unspecified atom stereocenters. The average molecular weight is 246 g/mol. The average Bonchev–Trinajstić information content (AvgIpc) is 2.97. The van der Waals surface area contributed by atoms with Crippen LogP contribution in [0, 0.1) is 5.92 Å². The predicted octanol–water partition coefficient (Wildman–Crippen LogP) is 0.846. The van der Waals surface area contributed by atoms with Crippen LogP contribution in [0.4, 0.5) is 0 Å². The Labute approximate surface area is 98.2 Å². The van der Waals surface area contributed by atoms with E-state index >= 15 is 0 Å². The van der Waals surface area contributed by atoms with Crippen LogP contribution in [0.3, 0.4) is 0 Å². The second-order valence-corrected chi connectivity index (χ2v) is 7.12. The Bertz CT molecular complexity index is 325. The monoisotopic (exact) mass is 246 g/mol. The summed E-state index contributed by atoms with van der Waals surface area (Å²) in [6.45, 7) is 3.02. The number of rotatable bonds is 5. The van der Waals surface area contributed by atoms with Crippen molar-refractivity contribution in [2.45, 2.75) is 51.1 Å². The first-order valence-electron chi connectivity index (χ1n) is 6.28. The summed E-state index contributed by atoms with van der Waals surface area (Å²) in [6, 6.07) is 0.560. The Morgan fingerprint density at radius 1 is 1.31 bits per heavy atom. The number of hydrogen-bond donors (Lipinski definition) is 2. The molecule has 2 aliphatic rings. The maximum absolute atomic E-state index is 11.8. The molecule has 0 aromatic rings. The zero-order chi connectivity index (χ0) is 11.6. The minimum Gasteiger partial charge on any atom is -0.314 e. The molecule has 94 valence electrons. The first kappa shape index (κ1) is 12.3. The Morgan fingerprint density at radius 3 is 2.69 bits per heavy atom. The lowest BCUT2D eigenvalue weighted by Gasteiger charge is -2.28. The van der Waals surface area contributed by atoms with Gasteiger partial charge in [-0.25, -0.2) is 13.1 Å². The van der Waals surface area contributed by atoms with Crippen molar-refractivity contribution in [1.82, 2.24) is 10.0 Å². The van der Waals surface area contributed by atoms with E-state index in [1.165, 1.54) is 12.8 Å². The van der Waals surface area contributed by atoms with Gasteiger partial charge in [-0.3, -0.25) is 0 Å². The molecule has 0 bridgehead atoms. The van der Waals surface area contributed by atoms with Gasteiger partial charge < -0.3 is 5.32 Å². The molecule has 5 heteroatoms. The largest absolute Gasteiger partial charge is 0.314 e. The highest BCUT2D eigenvalue weighted by molar-refractivity contribution is 7.89. The first-order valence-corrected chi connectivity index (χ1v) is 7.94. The van der Waals surface area contributed by atoms with Crippen LogP contribution in [0.5, 0.6) is 0 Å². The van der Waals surface area contributed by atoms with Crippen LogP contribution in [0.15, 0.2) is 0 Å². The molecule has 2 rings (SSSR count). The van der Waals surface area contributed by atoms with E-state index in [1.54, 1.807) is 0 Å². The van der Waals surface area contributed by atoms with E-state index in [0.29, 0.717) is 17.7 Å². The Morgan fingerprint density at radius 2 is 2.06 bits per heavy atom. The molecule has 0 spiro atoms. The van der Waals surface area contributed by atoms with Gasteiger partial charge in [-0.1, -0.05) is 12.8 Å². The molecule has 0 radical (unpaired) electrons. The van der Waals surface area contributed by atoms with Crippen LogP contribution in [0.2, 0.25) is 0 Å². The fourth-order valence-electron chi connectivity index (χ4n) is 2.28. The summed E-state index contributed by atoms with van der Waals surface area (Å²) in [4.78, 5) is 0. The molecule has 4 nitrogen and oxygen atoms in total. The van der Waals surface area contributed by atoms with Crippen LogP contribution in [-0.4, -0.2) is 32.8 Å². The van der Waals surface area contributed by atoms with Gasteiger partial charge in [0.2, 0.25) is 10.0 Å². The summed E-state index contributed by atoms with van der Waals surface area (Å²) in [5, 5.41) is 3.32. The third-order valence-electron chi connectivity index (χ3n) is 3.46. The molecule has 2 fully saturated rings. The molecule has 0 aromatic carbocycles. The molecule has 1 saturated carbocycles. The van der Waals surface area contributed by atoms with E-state index in [-0.39, 0.29) is 6.04 Å². The minimum atomic E-state index is -3.04. The zero-order valence-corrected chi connectivity index (χ0v) is 10.7. The molecule has 1 aliphatic carbocycles. The molecule has 2 atom stereocenters. The fraction of sp³-hybridized carbons (Fsp3) is 1.00. The van der Waals surface area contributed by atoms with Gasteiger partial charge >= 0.3 is 0 Å². The Balaban J connectivity index is 1.77.